The first-order valence-corrected chi connectivity index (χ1v) is 17.4. The lowest BCUT2D eigenvalue weighted by atomic mass is 10.3. The molecule has 0 radical (unpaired) electrons. The fourth-order valence-electron chi connectivity index (χ4n) is 2.99. The number of aromatic nitrogens is 1. The lowest BCUT2D eigenvalue weighted by Gasteiger charge is -2.16. The molecule has 0 saturated heterocycles. The van der Waals surface area contributed by atoms with Crippen LogP contribution in [0.4, 0.5) is 11.4 Å². The van der Waals surface area contributed by atoms with Gasteiger partial charge in [-0.1, -0.05) is 80.0 Å². The van der Waals surface area contributed by atoms with E-state index in [-0.39, 0.29) is 0 Å². The Kier molecular flexibility index (Phi) is 6.63. The van der Waals surface area contributed by atoms with Gasteiger partial charge in [0.25, 0.3) is 0 Å². The van der Waals surface area contributed by atoms with Gasteiger partial charge in [-0.15, -0.1) is 0 Å². The van der Waals surface area contributed by atoms with Crippen LogP contribution in [0.2, 0.25) is 39.3 Å². The number of rotatable bonds is 6. The topological polar surface area (TPSA) is 37.6 Å². The summed E-state index contributed by atoms with van der Waals surface area (Å²) in [5.41, 5.74) is 3.53. The molecule has 0 unspecified atom stereocenters. The van der Waals surface area contributed by atoms with Crippen molar-refractivity contribution in [1.29, 1.82) is 0 Å². The van der Waals surface area contributed by atoms with E-state index in [1.807, 2.05) is 30.6 Å². The molecular weight excluding hydrogens is 398 g/mol. The minimum atomic E-state index is -1.28. The van der Waals surface area contributed by atoms with Gasteiger partial charge in [-0.3, -0.25) is 9.98 Å². The zero-order valence-corrected chi connectivity index (χ0v) is 20.8. The molecule has 30 heavy (non-hydrogen) atoms. The van der Waals surface area contributed by atoms with E-state index >= 15 is 0 Å². The van der Waals surface area contributed by atoms with Gasteiger partial charge in [-0.2, -0.15) is 0 Å². The minimum Gasteiger partial charge on any atom is -0.255 e. The molecule has 0 fully saturated rings. The van der Waals surface area contributed by atoms with Crippen LogP contribution in [0.1, 0.15) is 11.4 Å². The fraction of sp³-hybridized carbons (Fsp3) is 0.240. The second kappa shape index (κ2) is 9.02. The smallest absolute Gasteiger partial charge is 0.0820 e. The number of pyridine rings is 1. The molecule has 154 valence electrons. The van der Waals surface area contributed by atoms with Crippen LogP contribution in [-0.2, 0) is 0 Å². The fourth-order valence-corrected chi connectivity index (χ4v) is 5.32. The number of hydrogen-bond donors (Lipinski definition) is 0. The maximum absolute atomic E-state index is 4.63. The van der Waals surface area contributed by atoms with Crippen molar-refractivity contribution >= 4 is 50.3 Å². The maximum atomic E-state index is 4.63. The van der Waals surface area contributed by atoms with Crippen LogP contribution < -0.4 is 10.4 Å². The quantitative estimate of drug-likeness (QED) is 0.367. The molecule has 0 saturated carbocycles. The molecule has 0 aliphatic carbocycles. The zero-order chi connectivity index (χ0) is 21.8. The molecule has 3 aromatic rings. The van der Waals surface area contributed by atoms with Crippen molar-refractivity contribution in [3.8, 4) is 0 Å². The Balaban J connectivity index is 1.70. The molecule has 0 amide bonds. The third-order valence-electron chi connectivity index (χ3n) is 4.95. The summed E-state index contributed by atoms with van der Waals surface area (Å²) in [6.07, 6.45) is 3.62. The van der Waals surface area contributed by atoms with Crippen LogP contribution in [0.25, 0.3) is 0 Å². The van der Waals surface area contributed by atoms with Crippen molar-refractivity contribution in [2.45, 2.75) is 39.3 Å². The Morgan fingerprint density at radius 2 is 0.933 bits per heavy atom. The highest BCUT2D eigenvalue weighted by atomic mass is 28.3. The highest BCUT2D eigenvalue weighted by Crippen LogP contribution is 2.13. The highest BCUT2D eigenvalue weighted by molar-refractivity contribution is 6.89. The molecule has 3 rings (SSSR count). The number of aliphatic imine (C=N–C) groups is 2. The molecule has 0 spiro atoms. The minimum absolute atomic E-state index is 0.822. The largest absolute Gasteiger partial charge is 0.255 e. The van der Waals surface area contributed by atoms with Gasteiger partial charge in [0, 0.05) is 0 Å². The highest BCUT2D eigenvalue weighted by Gasteiger charge is 2.16. The summed E-state index contributed by atoms with van der Waals surface area (Å²) >= 11 is 0. The summed E-state index contributed by atoms with van der Waals surface area (Å²) in [5.74, 6) is 0. The van der Waals surface area contributed by atoms with Crippen LogP contribution in [0.5, 0.6) is 0 Å². The monoisotopic (exact) mass is 429 g/mol. The van der Waals surface area contributed by atoms with Crippen LogP contribution >= 0.6 is 0 Å². The van der Waals surface area contributed by atoms with E-state index in [0.29, 0.717) is 0 Å². The van der Waals surface area contributed by atoms with Crippen LogP contribution in [0.15, 0.2) is 76.7 Å². The van der Waals surface area contributed by atoms with Crippen molar-refractivity contribution < 1.29 is 0 Å². The van der Waals surface area contributed by atoms with Crippen LogP contribution in [-0.4, -0.2) is 33.6 Å². The van der Waals surface area contributed by atoms with Crippen LogP contribution in [0.3, 0.4) is 0 Å². The van der Waals surface area contributed by atoms with E-state index in [0.717, 1.165) is 22.8 Å². The van der Waals surface area contributed by atoms with E-state index in [1.165, 1.54) is 10.4 Å². The van der Waals surface area contributed by atoms with E-state index in [4.69, 9.17) is 0 Å². The summed E-state index contributed by atoms with van der Waals surface area (Å²) in [4.78, 5) is 13.8. The van der Waals surface area contributed by atoms with Gasteiger partial charge >= 0.3 is 0 Å². The van der Waals surface area contributed by atoms with E-state index < -0.39 is 16.1 Å². The molecule has 1 heterocycles. The normalized spacial score (nSPS) is 12.7. The Labute approximate surface area is 182 Å². The average molecular weight is 430 g/mol. The summed E-state index contributed by atoms with van der Waals surface area (Å²) in [7, 11) is -2.55. The van der Waals surface area contributed by atoms with Gasteiger partial charge in [-0.05, 0) is 36.4 Å². The second-order valence-corrected chi connectivity index (χ2v) is 19.8. The van der Waals surface area contributed by atoms with Crippen molar-refractivity contribution in [3.05, 3.63) is 78.1 Å². The van der Waals surface area contributed by atoms with E-state index in [1.54, 1.807) is 0 Å². The predicted octanol–water partition coefficient (Wildman–Crippen LogP) is 5.67. The van der Waals surface area contributed by atoms with E-state index in [9.17, 15) is 0 Å². The van der Waals surface area contributed by atoms with Crippen molar-refractivity contribution in [3.63, 3.8) is 0 Å². The molecule has 0 aliphatic rings. The molecule has 0 atom stereocenters. The average Bonchev–Trinajstić information content (AvgIpc) is 2.70. The van der Waals surface area contributed by atoms with E-state index in [2.05, 4.69) is 103 Å². The first-order chi connectivity index (χ1) is 14.1. The van der Waals surface area contributed by atoms with Crippen LogP contribution in [0, 0.1) is 0 Å². The summed E-state index contributed by atoms with van der Waals surface area (Å²) in [6.45, 7) is 14.1. The summed E-state index contributed by atoms with van der Waals surface area (Å²) < 4.78 is 0. The lowest BCUT2D eigenvalue weighted by molar-refractivity contribution is 1.27. The predicted molar refractivity (Wildman–Crippen MR) is 138 cm³/mol. The van der Waals surface area contributed by atoms with Gasteiger partial charge in [0.05, 0.1) is 51.3 Å². The zero-order valence-electron chi connectivity index (χ0n) is 18.8. The van der Waals surface area contributed by atoms with Gasteiger partial charge in [0.1, 0.15) is 0 Å². The molecule has 0 aliphatic heterocycles. The molecule has 3 nitrogen and oxygen atoms in total. The van der Waals surface area contributed by atoms with Crippen molar-refractivity contribution in [2.24, 2.45) is 9.98 Å². The molecule has 2 aromatic carbocycles. The summed E-state index contributed by atoms with van der Waals surface area (Å²) in [6, 6.07) is 23.0. The first-order valence-electron chi connectivity index (χ1n) is 10.4. The van der Waals surface area contributed by atoms with Gasteiger partial charge in [0.15, 0.2) is 0 Å². The van der Waals surface area contributed by atoms with Crippen molar-refractivity contribution in [2.75, 3.05) is 0 Å². The molecule has 5 heteroatoms. The Hall–Kier alpha value is -2.64. The van der Waals surface area contributed by atoms with Gasteiger partial charge in [0.2, 0.25) is 0 Å². The molecule has 0 N–H and O–H groups in total. The molecular formula is C25H31N3Si2. The summed E-state index contributed by atoms with van der Waals surface area (Å²) in [5, 5.41) is 2.88. The molecule has 0 bridgehead atoms. The molecule has 1 aromatic heterocycles. The number of hydrogen-bond acceptors (Lipinski definition) is 3. The van der Waals surface area contributed by atoms with Crippen molar-refractivity contribution in [1.82, 2.24) is 4.98 Å². The first kappa shape index (κ1) is 22.1. The van der Waals surface area contributed by atoms with Gasteiger partial charge in [-0.25, -0.2) is 4.98 Å². The number of nitrogens with zero attached hydrogens (tertiary/aromatic N) is 3. The third kappa shape index (κ3) is 6.18. The van der Waals surface area contributed by atoms with Gasteiger partial charge < -0.3 is 0 Å². The Morgan fingerprint density at radius 1 is 0.567 bits per heavy atom. The Bertz CT molecular complexity index is 957. The maximum Gasteiger partial charge on any atom is 0.0820 e. The standard InChI is InChI=1S/C25H31N3Si2/c1-29(2,3)24-14-10-20(11-15-24)26-18-22-8-7-9-23(28-22)19-27-21-12-16-25(17-13-21)30(4,5)6/h7-19H,1-6H3. The second-order valence-electron chi connectivity index (χ2n) is 9.60. The lowest BCUT2D eigenvalue weighted by Crippen LogP contribution is -2.37. The number of benzene rings is 2. The SMILES string of the molecule is C[Si](C)(C)c1ccc(N=Cc2cccc(C=Nc3ccc([Si](C)(C)C)cc3)n2)cc1. The Morgan fingerprint density at radius 3 is 1.27 bits per heavy atom. The third-order valence-corrected chi connectivity index (χ3v) is 9.08.